The number of allylic oxidation sites excluding steroid dienone is 1. The Hall–Kier alpha value is -2.54. The molecule has 0 atom stereocenters. The van der Waals surface area contributed by atoms with Crippen LogP contribution in [-0.2, 0) is 6.42 Å². The van der Waals surface area contributed by atoms with Gasteiger partial charge in [-0.05, 0) is 49.4 Å². The third-order valence-corrected chi connectivity index (χ3v) is 3.18. The van der Waals surface area contributed by atoms with Crippen LogP contribution in [-0.4, -0.2) is 9.97 Å². The molecule has 21 heavy (non-hydrogen) atoms. The number of unbranched alkanes of at least 4 members (excludes halogenated alkanes) is 2. The van der Waals surface area contributed by atoms with E-state index in [-0.39, 0.29) is 5.56 Å². The van der Waals surface area contributed by atoms with Crippen LogP contribution in [0.25, 0.3) is 11.4 Å². The number of rotatable bonds is 6. The second-order valence-electron chi connectivity index (χ2n) is 4.76. The van der Waals surface area contributed by atoms with Gasteiger partial charge in [-0.25, -0.2) is 14.4 Å². The highest BCUT2D eigenvalue weighted by atomic mass is 19.1. The molecule has 2 aromatic rings. The topological polar surface area (TPSA) is 49.6 Å². The average molecular weight is 281 g/mol. The summed E-state index contributed by atoms with van der Waals surface area (Å²) in [5, 5.41) is 8.71. The molecule has 4 heteroatoms. The van der Waals surface area contributed by atoms with Gasteiger partial charge in [-0.15, -0.1) is 6.58 Å². The first-order chi connectivity index (χ1) is 10.2. The number of aromatic nitrogens is 2. The van der Waals surface area contributed by atoms with Crippen LogP contribution >= 0.6 is 0 Å². The van der Waals surface area contributed by atoms with Crippen LogP contribution in [0.2, 0.25) is 0 Å². The summed E-state index contributed by atoms with van der Waals surface area (Å²) in [6, 6.07) is 6.18. The smallest absolute Gasteiger partial charge is 0.159 e. The lowest BCUT2D eigenvalue weighted by molar-refractivity contribution is 0.624. The van der Waals surface area contributed by atoms with Gasteiger partial charge in [-0.3, -0.25) is 0 Å². The molecule has 0 aliphatic carbocycles. The van der Waals surface area contributed by atoms with Gasteiger partial charge >= 0.3 is 0 Å². The SMILES string of the molecule is C=CCCCCc1cnc(-c2ccc(C#N)c(F)c2)nc1. The fourth-order valence-corrected chi connectivity index (χ4v) is 2.00. The Bertz CT molecular complexity index is 657. The van der Waals surface area contributed by atoms with E-state index in [1.54, 1.807) is 24.5 Å². The van der Waals surface area contributed by atoms with E-state index in [1.165, 1.54) is 12.1 Å². The lowest BCUT2D eigenvalue weighted by Gasteiger charge is -2.03. The van der Waals surface area contributed by atoms with Gasteiger partial charge in [0, 0.05) is 18.0 Å². The van der Waals surface area contributed by atoms with Crippen LogP contribution in [0.3, 0.4) is 0 Å². The van der Waals surface area contributed by atoms with Crippen molar-refractivity contribution in [1.82, 2.24) is 9.97 Å². The van der Waals surface area contributed by atoms with E-state index in [9.17, 15) is 4.39 Å². The Balaban J connectivity index is 2.06. The third-order valence-electron chi connectivity index (χ3n) is 3.18. The summed E-state index contributed by atoms with van der Waals surface area (Å²) in [6.07, 6.45) is 9.57. The number of benzene rings is 1. The number of hydrogen-bond donors (Lipinski definition) is 0. The summed E-state index contributed by atoms with van der Waals surface area (Å²) in [5.41, 5.74) is 1.67. The summed E-state index contributed by atoms with van der Waals surface area (Å²) < 4.78 is 13.6. The van der Waals surface area contributed by atoms with Crippen molar-refractivity contribution in [3.8, 4) is 17.5 Å². The summed E-state index contributed by atoms with van der Waals surface area (Å²) in [4.78, 5) is 8.53. The predicted molar refractivity (Wildman–Crippen MR) is 79.9 cm³/mol. The highest BCUT2D eigenvalue weighted by molar-refractivity contribution is 5.56. The molecule has 0 aliphatic rings. The maximum atomic E-state index is 13.6. The molecular formula is C17H16FN3. The first-order valence-corrected chi connectivity index (χ1v) is 6.86. The molecule has 0 spiro atoms. The molecule has 0 N–H and O–H groups in total. The van der Waals surface area contributed by atoms with Gasteiger partial charge in [-0.2, -0.15) is 5.26 Å². The fourth-order valence-electron chi connectivity index (χ4n) is 2.00. The zero-order valence-corrected chi connectivity index (χ0v) is 11.7. The molecule has 0 amide bonds. The largest absolute Gasteiger partial charge is 0.236 e. The molecule has 0 saturated carbocycles. The van der Waals surface area contributed by atoms with Crippen LogP contribution in [0.15, 0.2) is 43.2 Å². The van der Waals surface area contributed by atoms with Crippen molar-refractivity contribution < 1.29 is 4.39 Å². The van der Waals surface area contributed by atoms with Crippen molar-refractivity contribution >= 4 is 0 Å². The maximum Gasteiger partial charge on any atom is 0.159 e. The van der Waals surface area contributed by atoms with E-state index in [0.29, 0.717) is 11.4 Å². The Morgan fingerprint density at radius 1 is 1.24 bits per heavy atom. The number of aryl methyl sites for hydroxylation is 1. The fraction of sp³-hybridized carbons (Fsp3) is 0.235. The lowest BCUT2D eigenvalue weighted by Crippen LogP contribution is -1.94. The molecule has 1 aromatic heterocycles. The van der Waals surface area contributed by atoms with Crippen molar-refractivity contribution in [2.75, 3.05) is 0 Å². The van der Waals surface area contributed by atoms with Gasteiger partial charge in [0.1, 0.15) is 11.9 Å². The Morgan fingerprint density at radius 2 is 2.00 bits per heavy atom. The normalized spacial score (nSPS) is 10.1. The molecular weight excluding hydrogens is 265 g/mol. The van der Waals surface area contributed by atoms with Crippen LogP contribution in [0, 0.1) is 17.1 Å². The van der Waals surface area contributed by atoms with E-state index in [1.807, 2.05) is 6.08 Å². The molecule has 0 saturated heterocycles. The van der Waals surface area contributed by atoms with Crippen molar-refractivity contribution in [3.63, 3.8) is 0 Å². The molecule has 1 aromatic carbocycles. The summed E-state index contributed by atoms with van der Waals surface area (Å²) >= 11 is 0. The van der Waals surface area contributed by atoms with Crippen LogP contribution in [0.4, 0.5) is 4.39 Å². The van der Waals surface area contributed by atoms with Gasteiger partial charge in [0.15, 0.2) is 5.82 Å². The van der Waals surface area contributed by atoms with E-state index in [4.69, 9.17) is 5.26 Å². The minimum absolute atomic E-state index is 0.0255. The number of halogens is 1. The Kier molecular flexibility index (Phi) is 5.16. The number of nitrogens with zero attached hydrogens (tertiary/aromatic N) is 3. The van der Waals surface area contributed by atoms with Crippen molar-refractivity contribution in [2.45, 2.75) is 25.7 Å². The first-order valence-electron chi connectivity index (χ1n) is 6.86. The lowest BCUT2D eigenvalue weighted by atomic mass is 10.1. The highest BCUT2D eigenvalue weighted by Crippen LogP contribution is 2.18. The van der Waals surface area contributed by atoms with Gasteiger partial charge in [-0.1, -0.05) is 6.08 Å². The molecule has 3 nitrogen and oxygen atoms in total. The summed E-state index contributed by atoms with van der Waals surface area (Å²) in [6.45, 7) is 3.69. The van der Waals surface area contributed by atoms with Crippen molar-refractivity contribution in [1.29, 1.82) is 5.26 Å². The average Bonchev–Trinajstić information content (AvgIpc) is 2.52. The first kappa shape index (κ1) is 14.9. The van der Waals surface area contributed by atoms with Crippen molar-refractivity contribution in [2.24, 2.45) is 0 Å². The van der Waals surface area contributed by atoms with E-state index in [2.05, 4.69) is 16.5 Å². The van der Waals surface area contributed by atoms with Crippen LogP contribution in [0.1, 0.15) is 30.4 Å². The van der Waals surface area contributed by atoms with E-state index < -0.39 is 5.82 Å². The minimum Gasteiger partial charge on any atom is -0.236 e. The minimum atomic E-state index is -0.549. The van der Waals surface area contributed by atoms with Gasteiger partial charge in [0.25, 0.3) is 0 Å². The molecule has 0 unspecified atom stereocenters. The van der Waals surface area contributed by atoms with E-state index in [0.717, 1.165) is 31.2 Å². The molecule has 2 rings (SSSR count). The molecule has 0 aliphatic heterocycles. The predicted octanol–water partition coefficient (Wildman–Crippen LogP) is 4.05. The van der Waals surface area contributed by atoms with E-state index >= 15 is 0 Å². The van der Waals surface area contributed by atoms with Gasteiger partial charge in [0.05, 0.1) is 5.56 Å². The van der Waals surface area contributed by atoms with Gasteiger partial charge < -0.3 is 0 Å². The zero-order chi connectivity index (χ0) is 15.1. The highest BCUT2D eigenvalue weighted by Gasteiger charge is 2.06. The number of hydrogen-bond acceptors (Lipinski definition) is 3. The summed E-state index contributed by atoms with van der Waals surface area (Å²) in [5.74, 6) is -0.0830. The quantitative estimate of drug-likeness (QED) is 0.592. The molecule has 1 heterocycles. The van der Waals surface area contributed by atoms with Crippen LogP contribution < -0.4 is 0 Å². The standard InChI is InChI=1S/C17H16FN3/c1-2-3-4-5-6-13-11-20-17(21-12-13)14-7-8-15(10-19)16(18)9-14/h2,7-9,11-12H,1,3-6H2. The molecule has 0 radical (unpaired) electrons. The third kappa shape index (κ3) is 3.96. The zero-order valence-electron chi connectivity index (χ0n) is 11.7. The molecule has 106 valence electrons. The monoisotopic (exact) mass is 281 g/mol. The molecule has 0 fully saturated rings. The Morgan fingerprint density at radius 3 is 2.62 bits per heavy atom. The van der Waals surface area contributed by atoms with Crippen molar-refractivity contribution in [3.05, 3.63) is 60.2 Å². The second-order valence-corrected chi connectivity index (χ2v) is 4.76. The Labute approximate surface area is 123 Å². The maximum absolute atomic E-state index is 13.6. The summed E-state index contributed by atoms with van der Waals surface area (Å²) in [7, 11) is 0. The number of nitriles is 1. The van der Waals surface area contributed by atoms with Gasteiger partial charge in [0.2, 0.25) is 0 Å². The van der Waals surface area contributed by atoms with Crippen LogP contribution in [0.5, 0.6) is 0 Å². The second kappa shape index (κ2) is 7.30. The molecule has 0 bridgehead atoms.